The summed E-state index contributed by atoms with van der Waals surface area (Å²) in [5.74, 6) is -4.12. The highest BCUT2D eigenvalue weighted by molar-refractivity contribution is 5.90. The predicted molar refractivity (Wildman–Crippen MR) is 117 cm³/mol. The lowest BCUT2D eigenvalue weighted by molar-refractivity contribution is -0.186. The van der Waals surface area contributed by atoms with Crippen molar-refractivity contribution in [1.82, 2.24) is 9.55 Å². The molecule has 3 aromatic rings. The number of carbonyl (C=O) groups is 2. The zero-order valence-electron chi connectivity index (χ0n) is 18.1. The molecule has 2 heterocycles. The fourth-order valence-electron chi connectivity index (χ4n) is 3.79. The van der Waals surface area contributed by atoms with Gasteiger partial charge >= 0.3 is 17.6 Å². The Morgan fingerprint density at radius 2 is 1.62 bits per heavy atom. The summed E-state index contributed by atoms with van der Waals surface area (Å²) in [5.41, 5.74) is -2.81. The van der Waals surface area contributed by atoms with E-state index in [0.29, 0.717) is 0 Å². The van der Waals surface area contributed by atoms with Crippen molar-refractivity contribution in [1.29, 1.82) is 0 Å². The van der Waals surface area contributed by atoms with Gasteiger partial charge in [0.2, 0.25) is 5.85 Å². The Labute approximate surface area is 192 Å². The van der Waals surface area contributed by atoms with Gasteiger partial charge in [-0.2, -0.15) is 0 Å². The first kappa shape index (κ1) is 23.1. The van der Waals surface area contributed by atoms with Crippen molar-refractivity contribution in [3.63, 3.8) is 0 Å². The van der Waals surface area contributed by atoms with Gasteiger partial charge in [-0.3, -0.25) is 14.3 Å². The van der Waals surface area contributed by atoms with Gasteiger partial charge in [0.1, 0.15) is 0 Å². The second kappa shape index (κ2) is 9.06. The maximum absolute atomic E-state index is 15.8. The van der Waals surface area contributed by atoms with Gasteiger partial charge in [0.05, 0.1) is 17.5 Å². The van der Waals surface area contributed by atoms with Crippen LogP contribution < -0.4 is 11.2 Å². The van der Waals surface area contributed by atoms with E-state index in [1.807, 2.05) is 0 Å². The quantitative estimate of drug-likeness (QED) is 0.553. The van der Waals surface area contributed by atoms with Crippen LogP contribution in [0.4, 0.5) is 4.39 Å². The van der Waals surface area contributed by atoms with Gasteiger partial charge in [-0.15, -0.1) is 0 Å². The summed E-state index contributed by atoms with van der Waals surface area (Å²) in [4.78, 5) is 51.0. The lowest BCUT2D eigenvalue weighted by atomic mass is 9.98. The molecular weight excluding hydrogens is 447 g/mol. The van der Waals surface area contributed by atoms with Crippen LogP contribution in [0.3, 0.4) is 0 Å². The summed E-state index contributed by atoms with van der Waals surface area (Å²) in [6.45, 7) is 0.588. The molecule has 0 aliphatic carbocycles. The zero-order chi connectivity index (χ0) is 24.3. The number of aromatic nitrogens is 2. The number of esters is 2. The number of rotatable bonds is 6. The van der Waals surface area contributed by atoms with E-state index in [9.17, 15) is 19.2 Å². The highest BCUT2D eigenvalue weighted by Crippen LogP contribution is 2.47. The Kier molecular flexibility index (Phi) is 6.16. The van der Waals surface area contributed by atoms with Gasteiger partial charge in [0, 0.05) is 12.3 Å². The van der Waals surface area contributed by atoms with E-state index in [1.165, 1.54) is 31.2 Å². The Hall–Kier alpha value is -4.05. The molecule has 2 aromatic carbocycles. The maximum Gasteiger partial charge on any atom is 0.338 e. The van der Waals surface area contributed by atoms with Gasteiger partial charge in [-0.25, -0.2) is 18.8 Å². The lowest BCUT2D eigenvalue weighted by Gasteiger charge is -2.30. The first-order valence-electron chi connectivity index (χ1n) is 10.4. The summed E-state index contributed by atoms with van der Waals surface area (Å²) in [6, 6.07) is 17.1. The molecule has 9 nitrogen and oxygen atoms in total. The van der Waals surface area contributed by atoms with Gasteiger partial charge in [0.15, 0.2) is 18.4 Å². The van der Waals surface area contributed by atoms with E-state index in [4.69, 9.17) is 14.2 Å². The largest absolute Gasteiger partial charge is 0.456 e. The molecule has 10 heteroatoms. The Morgan fingerprint density at radius 3 is 2.21 bits per heavy atom. The first-order valence-corrected chi connectivity index (χ1v) is 10.4. The number of nitrogens with zero attached hydrogens (tertiary/aromatic N) is 1. The highest BCUT2D eigenvalue weighted by Gasteiger charge is 2.59. The molecule has 34 heavy (non-hydrogen) atoms. The number of benzene rings is 2. The molecule has 1 aliphatic rings. The molecule has 3 atom stereocenters. The number of nitrogens with one attached hydrogen (secondary N) is 1. The molecule has 1 aromatic heterocycles. The molecule has 0 bridgehead atoms. The summed E-state index contributed by atoms with van der Waals surface area (Å²) in [7, 11) is 0. The first-order chi connectivity index (χ1) is 16.2. The van der Waals surface area contributed by atoms with E-state index < -0.39 is 53.9 Å². The van der Waals surface area contributed by atoms with Crippen LogP contribution >= 0.6 is 0 Å². The molecular formula is C24H21FN2O7. The molecule has 0 unspecified atom stereocenters. The number of aromatic amines is 1. The molecule has 1 saturated heterocycles. The average Bonchev–Trinajstić information content (AvgIpc) is 3.09. The Balaban J connectivity index is 1.62. The monoisotopic (exact) mass is 468 g/mol. The molecule has 0 radical (unpaired) electrons. The number of halogens is 1. The topological polar surface area (TPSA) is 117 Å². The number of hydrogen-bond acceptors (Lipinski definition) is 7. The van der Waals surface area contributed by atoms with Gasteiger partial charge in [-0.1, -0.05) is 36.4 Å². The molecule has 1 N–H and O–H groups in total. The SMILES string of the molecule is C[C@@]1(OC(=O)c2ccccc2)C[C@@](F)(COC(=O)c2ccccc2)O[C@H]1n1ccc(=O)[nH]c1=O. The van der Waals surface area contributed by atoms with Crippen molar-refractivity contribution in [3.05, 3.63) is 105 Å². The van der Waals surface area contributed by atoms with Crippen LogP contribution in [0.5, 0.6) is 0 Å². The summed E-state index contributed by atoms with van der Waals surface area (Å²) < 4.78 is 33.0. The van der Waals surface area contributed by atoms with Gasteiger partial charge in [-0.05, 0) is 31.2 Å². The minimum absolute atomic E-state index is 0.211. The number of alkyl halides is 1. The second-order valence-electron chi connectivity index (χ2n) is 8.06. The van der Waals surface area contributed by atoms with E-state index in [2.05, 4.69) is 4.98 Å². The van der Waals surface area contributed by atoms with E-state index in [-0.39, 0.29) is 11.1 Å². The Bertz CT molecular complexity index is 1310. The van der Waals surface area contributed by atoms with E-state index in [1.54, 1.807) is 36.4 Å². The van der Waals surface area contributed by atoms with E-state index in [0.717, 1.165) is 16.8 Å². The molecule has 1 fully saturated rings. The Morgan fingerprint density at radius 1 is 1.03 bits per heavy atom. The normalized spacial score (nSPS) is 23.9. The van der Waals surface area contributed by atoms with Crippen LogP contribution in [-0.2, 0) is 14.2 Å². The van der Waals surface area contributed by atoms with Crippen LogP contribution in [0.15, 0.2) is 82.5 Å². The van der Waals surface area contributed by atoms with Crippen LogP contribution in [-0.4, -0.2) is 39.6 Å². The van der Waals surface area contributed by atoms with Gasteiger partial charge in [0.25, 0.3) is 5.56 Å². The minimum atomic E-state index is -2.59. The third-order valence-corrected chi connectivity index (χ3v) is 5.33. The van der Waals surface area contributed by atoms with Crippen molar-refractivity contribution in [3.8, 4) is 0 Å². The van der Waals surface area contributed by atoms with Crippen LogP contribution in [0.2, 0.25) is 0 Å². The van der Waals surface area contributed by atoms with Gasteiger partial charge < -0.3 is 14.2 Å². The van der Waals surface area contributed by atoms with Crippen molar-refractivity contribution in [2.24, 2.45) is 0 Å². The molecule has 0 amide bonds. The number of carbonyl (C=O) groups excluding carboxylic acids is 2. The molecule has 4 rings (SSSR count). The summed E-state index contributed by atoms with van der Waals surface area (Å²) in [6.07, 6.45) is -0.885. The maximum atomic E-state index is 15.8. The molecule has 0 spiro atoms. The second-order valence-corrected chi connectivity index (χ2v) is 8.06. The van der Waals surface area contributed by atoms with Crippen molar-refractivity contribution in [2.75, 3.05) is 6.61 Å². The lowest BCUT2D eigenvalue weighted by Crippen LogP contribution is -2.43. The van der Waals surface area contributed by atoms with Crippen molar-refractivity contribution >= 4 is 11.9 Å². The van der Waals surface area contributed by atoms with E-state index >= 15 is 4.39 Å². The molecule has 1 aliphatic heterocycles. The molecule has 0 saturated carbocycles. The predicted octanol–water partition coefficient (Wildman–Crippen LogP) is 2.59. The highest BCUT2D eigenvalue weighted by atomic mass is 19.2. The van der Waals surface area contributed by atoms with Crippen molar-refractivity contribution in [2.45, 2.75) is 31.0 Å². The van der Waals surface area contributed by atoms with Crippen molar-refractivity contribution < 1.29 is 28.2 Å². The third kappa shape index (κ3) is 4.81. The number of hydrogen-bond donors (Lipinski definition) is 1. The minimum Gasteiger partial charge on any atom is -0.456 e. The fraction of sp³-hybridized carbons (Fsp3) is 0.250. The summed E-state index contributed by atoms with van der Waals surface area (Å²) in [5, 5.41) is 0. The number of ether oxygens (including phenoxy) is 3. The van der Waals surface area contributed by atoms with Crippen LogP contribution in [0.25, 0.3) is 0 Å². The fourth-order valence-corrected chi connectivity index (χ4v) is 3.79. The summed E-state index contributed by atoms with van der Waals surface area (Å²) >= 11 is 0. The molecule has 176 valence electrons. The standard InChI is InChI=1S/C24H21FN2O7/c1-23(33-20(30)17-10-6-3-7-11-17)14-24(25,15-32-19(29)16-8-4-2-5-9-16)34-21(23)27-13-12-18(28)26-22(27)31/h2-13,21H,14-15H2,1H3,(H,26,28,31)/t21-,23-,24+/m1/s1. The third-order valence-electron chi connectivity index (χ3n) is 5.33. The van der Waals surface area contributed by atoms with Crippen LogP contribution in [0, 0.1) is 0 Å². The smallest absolute Gasteiger partial charge is 0.338 e. The van der Waals surface area contributed by atoms with Crippen LogP contribution in [0.1, 0.15) is 40.3 Å². The average molecular weight is 468 g/mol. The zero-order valence-corrected chi connectivity index (χ0v) is 18.1. The number of H-pyrrole nitrogens is 1.